The van der Waals surface area contributed by atoms with E-state index in [2.05, 4.69) is 5.32 Å². The average molecular weight is 472 g/mol. The van der Waals surface area contributed by atoms with E-state index in [1.54, 1.807) is 0 Å². The molecule has 3 aliphatic heterocycles. The molecule has 4 amide bonds. The van der Waals surface area contributed by atoms with Crippen LogP contribution in [0.2, 0.25) is 0 Å². The lowest BCUT2D eigenvalue weighted by Crippen LogP contribution is -2.52. The van der Waals surface area contributed by atoms with Crippen molar-refractivity contribution >= 4 is 23.6 Å². The van der Waals surface area contributed by atoms with Gasteiger partial charge in [0.1, 0.15) is 25.0 Å². The number of morpholine rings is 1. The van der Waals surface area contributed by atoms with Crippen molar-refractivity contribution in [2.45, 2.75) is 38.5 Å². The number of hydrogen-bond acceptors (Lipinski definition) is 6. The van der Waals surface area contributed by atoms with Crippen molar-refractivity contribution in [1.29, 1.82) is 0 Å². The highest BCUT2D eigenvalue weighted by Crippen LogP contribution is 2.34. The van der Waals surface area contributed by atoms with E-state index in [-0.39, 0.29) is 49.4 Å². The summed E-state index contributed by atoms with van der Waals surface area (Å²) < 4.78 is 78.7. The maximum absolute atomic E-state index is 13.1. The summed E-state index contributed by atoms with van der Waals surface area (Å²) in [6.07, 6.45) is 0.153. The highest BCUT2D eigenvalue weighted by molar-refractivity contribution is 6.05. The Morgan fingerprint density at radius 2 is 1.94 bits per heavy atom. The fourth-order valence-corrected chi connectivity index (χ4v) is 3.95. The molecule has 3 heterocycles. The molecule has 9 nitrogen and oxygen atoms in total. The Bertz CT molecular complexity index is 1500. The highest BCUT2D eigenvalue weighted by Gasteiger charge is 2.40. The Balaban J connectivity index is 1.49. The molecular weight excluding hydrogens is 438 g/mol. The van der Waals surface area contributed by atoms with Crippen LogP contribution in [0, 0.1) is 0 Å². The molecule has 9 heteroatoms. The monoisotopic (exact) mass is 471 g/mol. The number of benzene rings is 2. The molecule has 34 heavy (non-hydrogen) atoms. The van der Waals surface area contributed by atoms with Crippen molar-refractivity contribution in [2.75, 3.05) is 19.8 Å². The summed E-state index contributed by atoms with van der Waals surface area (Å²) in [4.78, 5) is 51.4. The minimum atomic E-state index is -3.00. The molecule has 0 bridgehead atoms. The maximum Gasteiger partial charge on any atom is 0.255 e. The molecule has 1 atom stereocenters. The zero-order chi connectivity index (χ0) is 30.7. The van der Waals surface area contributed by atoms with Crippen molar-refractivity contribution in [3.8, 4) is 5.75 Å². The standard InChI is InChI=1S/C25H25N3O6/c29-22-9-8-20(24(31)26-22)28-13-19-18(25(28)32)2-1-3-21(19)34-14-17-6-4-16(5-7-17)12-27-10-11-33-15-23(27)30/h1-7,20H,8-15H2,(H,26,29,31)/i4D,5D,6D,7D,12D2,14D2. The van der Waals surface area contributed by atoms with Gasteiger partial charge in [-0.3, -0.25) is 24.5 Å². The van der Waals surface area contributed by atoms with Gasteiger partial charge in [0.25, 0.3) is 5.91 Å². The molecule has 1 unspecified atom stereocenters. The van der Waals surface area contributed by atoms with Gasteiger partial charge in [0.05, 0.1) is 24.1 Å². The molecule has 0 spiro atoms. The lowest BCUT2D eigenvalue weighted by molar-refractivity contribution is -0.143. The number of hydrogen-bond donors (Lipinski definition) is 1. The van der Waals surface area contributed by atoms with Crippen LogP contribution >= 0.6 is 0 Å². The molecule has 2 saturated heterocycles. The number of carbonyl (C=O) groups is 4. The van der Waals surface area contributed by atoms with Crippen LogP contribution in [0.25, 0.3) is 0 Å². The number of fused-ring (bicyclic) bond motifs is 1. The van der Waals surface area contributed by atoms with Crippen molar-refractivity contribution < 1.29 is 39.6 Å². The fraction of sp³-hybridized carbons (Fsp3) is 0.360. The van der Waals surface area contributed by atoms with Gasteiger partial charge in [-0.05, 0) is 29.7 Å². The first-order chi connectivity index (χ1) is 19.7. The zero-order valence-corrected chi connectivity index (χ0v) is 17.9. The molecule has 2 aromatic rings. The van der Waals surface area contributed by atoms with E-state index < -0.39 is 84.6 Å². The van der Waals surface area contributed by atoms with Gasteiger partial charge in [-0.25, -0.2) is 0 Å². The number of amides is 4. The summed E-state index contributed by atoms with van der Waals surface area (Å²) in [6.45, 7) is -6.50. The fourth-order valence-electron chi connectivity index (χ4n) is 3.95. The van der Waals surface area contributed by atoms with Gasteiger partial charge in [0.15, 0.2) is 0 Å². The van der Waals surface area contributed by atoms with Crippen LogP contribution in [0.15, 0.2) is 42.4 Å². The highest BCUT2D eigenvalue weighted by atomic mass is 16.5. The van der Waals surface area contributed by atoms with E-state index >= 15 is 0 Å². The second-order valence-corrected chi connectivity index (χ2v) is 7.85. The minimum Gasteiger partial charge on any atom is -0.489 e. The molecule has 0 saturated carbocycles. The van der Waals surface area contributed by atoms with Gasteiger partial charge < -0.3 is 19.3 Å². The van der Waals surface area contributed by atoms with Crippen molar-refractivity contribution in [2.24, 2.45) is 0 Å². The Morgan fingerprint density at radius 1 is 1.15 bits per heavy atom. The average Bonchev–Trinajstić information content (AvgIpc) is 3.24. The van der Waals surface area contributed by atoms with Crippen molar-refractivity contribution in [3.05, 3.63) is 64.6 Å². The number of ether oxygens (including phenoxy) is 2. The number of nitrogens with zero attached hydrogens (tertiary/aromatic N) is 2. The van der Waals surface area contributed by atoms with Crippen LogP contribution in [-0.2, 0) is 38.7 Å². The Labute approximate surface area is 207 Å². The zero-order valence-electron chi connectivity index (χ0n) is 25.9. The molecule has 2 aromatic carbocycles. The van der Waals surface area contributed by atoms with Gasteiger partial charge in [0, 0.05) is 30.6 Å². The molecule has 0 aromatic heterocycles. The molecule has 176 valence electrons. The van der Waals surface area contributed by atoms with Crippen LogP contribution in [0.1, 0.15) is 50.9 Å². The molecule has 0 aliphatic carbocycles. The first-order valence-electron chi connectivity index (χ1n) is 14.6. The van der Waals surface area contributed by atoms with Crippen LogP contribution in [-0.4, -0.2) is 59.2 Å². The SMILES string of the molecule is [2H]c1c([2H])c(C([2H])([2H])N2CCOCC2=O)c([2H])c([2H])c1C([2H])([2H])Oc1cccc2c1CN(C1CCC(=O)NC1=O)C2=O. The predicted molar refractivity (Wildman–Crippen MR) is 119 cm³/mol. The lowest BCUT2D eigenvalue weighted by atomic mass is 10.0. The first-order valence-corrected chi connectivity index (χ1v) is 10.6. The molecule has 2 fully saturated rings. The molecule has 0 radical (unpaired) electrons. The molecule has 5 rings (SSSR count). The summed E-state index contributed by atoms with van der Waals surface area (Å²) in [6, 6.07) is -0.284. The van der Waals surface area contributed by atoms with Crippen LogP contribution in [0.5, 0.6) is 5.75 Å². The summed E-state index contributed by atoms with van der Waals surface area (Å²) in [5.74, 6) is -2.50. The van der Waals surface area contributed by atoms with E-state index in [9.17, 15) is 19.2 Å². The van der Waals surface area contributed by atoms with Crippen molar-refractivity contribution in [1.82, 2.24) is 15.1 Å². The lowest BCUT2D eigenvalue weighted by Gasteiger charge is -2.29. The summed E-state index contributed by atoms with van der Waals surface area (Å²) in [7, 11) is 0. The van der Waals surface area contributed by atoms with E-state index in [0.29, 0.717) is 0 Å². The number of piperidine rings is 1. The molecule has 3 aliphatic rings. The smallest absolute Gasteiger partial charge is 0.255 e. The second-order valence-electron chi connectivity index (χ2n) is 7.85. The third-order valence-corrected chi connectivity index (χ3v) is 5.66. The Kier molecular flexibility index (Phi) is 3.96. The van der Waals surface area contributed by atoms with Crippen LogP contribution in [0.4, 0.5) is 0 Å². The normalized spacial score (nSPS) is 24.6. The third-order valence-electron chi connectivity index (χ3n) is 5.66. The van der Waals surface area contributed by atoms with Crippen molar-refractivity contribution in [3.63, 3.8) is 0 Å². The summed E-state index contributed by atoms with van der Waals surface area (Å²) in [5.41, 5.74) is -1.19. The summed E-state index contributed by atoms with van der Waals surface area (Å²) >= 11 is 0. The Hall–Kier alpha value is -3.72. The first kappa shape index (κ1) is 14.5. The number of nitrogens with one attached hydrogen (secondary N) is 1. The second kappa shape index (κ2) is 9.26. The van der Waals surface area contributed by atoms with Gasteiger partial charge in [-0.15, -0.1) is 0 Å². The van der Waals surface area contributed by atoms with Gasteiger partial charge in [-0.1, -0.05) is 30.2 Å². The predicted octanol–water partition coefficient (Wildman–Crippen LogP) is 1.39. The van der Waals surface area contributed by atoms with E-state index in [1.165, 1.54) is 23.1 Å². The third kappa shape index (κ3) is 4.38. The maximum atomic E-state index is 13.1. The van der Waals surface area contributed by atoms with E-state index in [4.69, 9.17) is 20.4 Å². The quantitative estimate of drug-likeness (QED) is 0.639. The number of imide groups is 1. The van der Waals surface area contributed by atoms with Crippen LogP contribution < -0.4 is 10.1 Å². The minimum absolute atomic E-state index is 0.00667. The van der Waals surface area contributed by atoms with E-state index in [1.807, 2.05) is 0 Å². The van der Waals surface area contributed by atoms with Gasteiger partial charge in [-0.2, -0.15) is 0 Å². The van der Waals surface area contributed by atoms with E-state index in [0.717, 1.165) is 4.90 Å². The van der Waals surface area contributed by atoms with Crippen LogP contribution in [0.3, 0.4) is 0 Å². The van der Waals surface area contributed by atoms with Gasteiger partial charge >= 0.3 is 0 Å². The number of rotatable bonds is 6. The topological polar surface area (TPSA) is 105 Å². The largest absolute Gasteiger partial charge is 0.489 e. The Morgan fingerprint density at radius 3 is 2.71 bits per heavy atom. The number of carbonyl (C=O) groups excluding carboxylic acids is 4. The summed E-state index contributed by atoms with van der Waals surface area (Å²) in [5, 5.41) is 2.19. The van der Waals surface area contributed by atoms with Gasteiger partial charge in [0.2, 0.25) is 17.7 Å². The molecule has 1 N–H and O–H groups in total. The molecular formula is C25H25N3O6.